The van der Waals surface area contributed by atoms with E-state index in [0.717, 1.165) is 31.7 Å². The van der Waals surface area contributed by atoms with Gasteiger partial charge >= 0.3 is 0 Å². The third-order valence-corrected chi connectivity index (χ3v) is 4.36. The molecule has 0 saturated carbocycles. The molecule has 3 nitrogen and oxygen atoms in total. The molecule has 3 unspecified atom stereocenters. The summed E-state index contributed by atoms with van der Waals surface area (Å²) in [6.45, 7) is 2.99. The second-order valence-corrected chi connectivity index (χ2v) is 5.52. The number of ether oxygens (including phenoxy) is 1. The molecular weight excluding hydrogens is 226 g/mol. The summed E-state index contributed by atoms with van der Waals surface area (Å²) < 4.78 is 5.24. The highest BCUT2D eigenvalue weighted by atomic mass is 16.5. The number of rotatable bonds is 3. The molecule has 1 saturated heterocycles. The Kier molecular flexibility index (Phi) is 3.37. The minimum atomic E-state index is -0.317. The highest BCUT2D eigenvalue weighted by Gasteiger charge is 2.37. The lowest BCUT2D eigenvalue weighted by Crippen LogP contribution is -2.36. The van der Waals surface area contributed by atoms with Gasteiger partial charge in [-0.25, -0.2) is 0 Å². The molecule has 1 fully saturated rings. The summed E-state index contributed by atoms with van der Waals surface area (Å²) in [5.74, 6) is 0.630. The molecule has 3 atom stereocenters. The molecule has 3 heteroatoms. The largest absolute Gasteiger partial charge is 0.387 e. The van der Waals surface area contributed by atoms with Crippen molar-refractivity contribution >= 4 is 0 Å². The van der Waals surface area contributed by atoms with E-state index in [9.17, 15) is 5.11 Å². The first-order valence-electron chi connectivity index (χ1n) is 6.78. The number of likely N-dealkylation sites (tertiary alicyclic amines) is 1. The zero-order valence-corrected chi connectivity index (χ0v) is 10.9. The van der Waals surface area contributed by atoms with Crippen molar-refractivity contribution in [2.45, 2.75) is 25.0 Å². The van der Waals surface area contributed by atoms with Crippen molar-refractivity contribution in [2.75, 3.05) is 26.8 Å². The molecule has 1 aromatic carbocycles. The SMILES string of the molecule is COCC1CCN(C2Cc3ccccc3C2O)C1. The summed E-state index contributed by atoms with van der Waals surface area (Å²) in [5.41, 5.74) is 2.43. The molecule has 0 amide bonds. The molecule has 1 aliphatic carbocycles. The molecule has 18 heavy (non-hydrogen) atoms. The average molecular weight is 247 g/mol. The van der Waals surface area contributed by atoms with Crippen LogP contribution in [0.25, 0.3) is 0 Å². The van der Waals surface area contributed by atoms with Crippen LogP contribution in [0.4, 0.5) is 0 Å². The molecular formula is C15H21NO2. The van der Waals surface area contributed by atoms with Gasteiger partial charge in [-0.2, -0.15) is 0 Å². The van der Waals surface area contributed by atoms with Crippen LogP contribution in [-0.4, -0.2) is 42.9 Å². The van der Waals surface area contributed by atoms with Gasteiger partial charge in [-0.3, -0.25) is 4.90 Å². The van der Waals surface area contributed by atoms with E-state index in [-0.39, 0.29) is 12.1 Å². The lowest BCUT2D eigenvalue weighted by atomic mass is 10.1. The second-order valence-electron chi connectivity index (χ2n) is 5.52. The number of nitrogens with zero attached hydrogens (tertiary/aromatic N) is 1. The van der Waals surface area contributed by atoms with Gasteiger partial charge in [0.25, 0.3) is 0 Å². The average Bonchev–Trinajstić information content (AvgIpc) is 2.96. The van der Waals surface area contributed by atoms with E-state index >= 15 is 0 Å². The van der Waals surface area contributed by atoms with E-state index in [1.807, 2.05) is 6.07 Å². The highest BCUT2D eigenvalue weighted by Crippen LogP contribution is 2.36. The summed E-state index contributed by atoms with van der Waals surface area (Å²) in [5, 5.41) is 10.4. The quantitative estimate of drug-likeness (QED) is 0.881. The fourth-order valence-corrected chi connectivity index (χ4v) is 3.42. The van der Waals surface area contributed by atoms with Crippen LogP contribution in [0.5, 0.6) is 0 Å². The molecule has 1 aliphatic heterocycles. The van der Waals surface area contributed by atoms with Crippen LogP contribution in [0.1, 0.15) is 23.7 Å². The van der Waals surface area contributed by atoms with Crippen LogP contribution in [-0.2, 0) is 11.2 Å². The Labute approximate surface area is 108 Å². The van der Waals surface area contributed by atoms with Crippen LogP contribution < -0.4 is 0 Å². The lowest BCUT2D eigenvalue weighted by Gasteiger charge is -2.26. The van der Waals surface area contributed by atoms with Gasteiger partial charge in [0.1, 0.15) is 0 Å². The molecule has 0 bridgehead atoms. The van der Waals surface area contributed by atoms with E-state index in [2.05, 4.69) is 23.1 Å². The summed E-state index contributed by atoms with van der Waals surface area (Å²) in [7, 11) is 1.77. The van der Waals surface area contributed by atoms with Crippen LogP contribution in [0.2, 0.25) is 0 Å². The number of aliphatic hydroxyl groups is 1. The Morgan fingerprint density at radius 3 is 3.00 bits per heavy atom. The maximum atomic E-state index is 10.4. The lowest BCUT2D eigenvalue weighted by molar-refractivity contribution is 0.0685. The van der Waals surface area contributed by atoms with Gasteiger partial charge in [-0.1, -0.05) is 24.3 Å². The van der Waals surface area contributed by atoms with E-state index in [0.29, 0.717) is 5.92 Å². The Hall–Kier alpha value is -0.900. The van der Waals surface area contributed by atoms with Crippen molar-refractivity contribution in [1.82, 2.24) is 4.90 Å². The predicted molar refractivity (Wildman–Crippen MR) is 70.4 cm³/mol. The van der Waals surface area contributed by atoms with Crippen LogP contribution in [0.3, 0.4) is 0 Å². The second kappa shape index (κ2) is 5.00. The van der Waals surface area contributed by atoms with E-state index < -0.39 is 0 Å². The minimum absolute atomic E-state index is 0.268. The molecule has 2 aliphatic rings. The maximum absolute atomic E-state index is 10.4. The van der Waals surface area contributed by atoms with Gasteiger partial charge in [-0.15, -0.1) is 0 Å². The van der Waals surface area contributed by atoms with Gasteiger partial charge in [0, 0.05) is 19.7 Å². The zero-order valence-electron chi connectivity index (χ0n) is 10.9. The molecule has 0 spiro atoms. The third kappa shape index (κ3) is 2.07. The number of hydrogen-bond donors (Lipinski definition) is 1. The molecule has 3 rings (SSSR count). The number of benzene rings is 1. The zero-order chi connectivity index (χ0) is 12.5. The number of aliphatic hydroxyl groups excluding tert-OH is 1. The molecule has 1 heterocycles. The Morgan fingerprint density at radius 1 is 1.39 bits per heavy atom. The van der Waals surface area contributed by atoms with Gasteiger partial charge < -0.3 is 9.84 Å². The molecule has 0 radical (unpaired) electrons. The van der Waals surface area contributed by atoms with Crippen molar-refractivity contribution in [3.8, 4) is 0 Å². The van der Waals surface area contributed by atoms with E-state index in [1.54, 1.807) is 7.11 Å². The van der Waals surface area contributed by atoms with Crippen molar-refractivity contribution in [3.05, 3.63) is 35.4 Å². The maximum Gasteiger partial charge on any atom is 0.0951 e. The number of methoxy groups -OCH3 is 1. The summed E-state index contributed by atoms with van der Waals surface area (Å²) in [6, 6.07) is 8.54. The summed E-state index contributed by atoms with van der Waals surface area (Å²) in [6.07, 6.45) is 1.85. The standard InChI is InChI=1S/C15H21NO2/c1-18-10-11-6-7-16(9-11)14-8-12-4-2-3-5-13(12)15(14)17/h2-5,11,14-15,17H,6-10H2,1H3. The van der Waals surface area contributed by atoms with Crippen molar-refractivity contribution in [3.63, 3.8) is 0 Å². The minimum Gasteiger partial charge on any atom is -0.387 e. The number of fused-ring (bicyclic) bond motifs is 1. The highest BCUT2D eigenvalue weighted by molar-refractivity contribution is 5.36. The van der Waals surface area contributed by atoms with Gasteiger partial charge in [0.05, 0.1) is 12.7 Å². The first-order chi connectivity index (χ1) is 8.79. The smallest absolute Gasteiger partial charge is 0.0951 e. The van der Waals surface area contributed by atoms with E-state index in [4.69, 9.17) is 4.74 Å². The first kappa shape index (κ1) is 12.2. The van der Waals surface area contributed by atoms with Crippen molar-refractivity contribution in [1.29, 1.82) is 0 Å². The van der Waals surface area contributed by atoms with E-state index in [1.165, 1.54) is 12.0 Å². The molecule has 0 aromatic heterocycles. The molecule has 1 aromatic rings. The Bertz CT molecular complexity index is 421. The van der Waals surface area contributed by atoms with Crippen molar-refractivity contribution in [2.24, 2.45) is 5.92 Å². The van der Waals surface area contributed by atoms with Gasteiger partial charge in [-0.05, 0) is 36.4 Å². The predicted octanol–water partition coefficient (Wildman–Crippen LogP) is 1.61. The molecule has 1 N–H and O–H groups in total. The van der Waals surface area contributed by atoms with Gasteiger partial charge in [0.15, 0.2) is 0 Å². The van der Waals surface area contributed by atoms with Crippen molar-refractivity contribution < 1.29 is 9.84 Å². The fraction of sp³-hybridized carbons (Fsp3) is 0.600. The topological polar surface area (TPSA) is 32.7 Å². The summed E-state index contributed by atoms with van der Waals surface area (Å²) >= 11 is 0. The molecule has 98 valence electrons. The normalized spacial score (nSPS) is 31.8. The third-order valence-electron chi connectivity index (χ3n) is 4.36. The monoisotopic (exact) mass is 247 g/mol. The Morgan fingerprint density at radius 2 is 2.22 bits per heavy atom. The Balaban J connectivity index is 1.70. The first-order valence-corrected chi connectivity index (χ1v) is 6.78. The van der Waals surface area contributed by atoms with Crippen LogP contribution in [0.15, 0.2) is 24.3 Å². The fourth-order valence-electron chi connectivity index (χ4n) is 3.42. The summed E-state index contributed by atoms with van der Waals surface area (Å²) in [4.78, 5) is 2.44. The number of hydrogen-bond acceptors (Lipinski definition) is 3. The van der Waals surface area contributed by atoms with Crippen LogP contribution >= 0.6 is 0 Å². The van der Waals surface area contributed by atoms with Gasteiger partial charge in [0.2, 0.25) is 0 Å². The van der Waals surface area contributed by atoms with Crippen LogP contribution in [0, 0.1) is 5.92 Å².